The highest BCUT2D eigenvalue weighted by Gasteiger charge is 2.13. The molecule has 1 aromatic carbocycles. The summed E-state index contributed by atoms with van der Waals surface area (Å²) in [5, 5.41) is 13.4. The van der Waals surface area contributed by atoms with Crippen molar-refractivity contribution in [2.24, 2.45) is 0 Å². The van der Waals surface area contributed by atoms with E-state index in [4.69, 9.17) is 0 Å². The summed E-state index contributed by atoms with van der Waals surface area (Å²) in [6.07, 6.45) is 1.73. The van der Waals surface area contributed by atoms with Gasteiger partial charge in [0.05, 0.1) is 11.3 Å². The number of hydrogen-bond acceptors (Lipinski definition) is 2. The Morgan fingerprint density at radius 1 is 1.33 bits per heavy atom. The molecule has 0 aliphatic heterocycles. The number of nitrogens with zero attached hydrogens (tertiary/aromatic N) is 2. The number of carbonyl (C=O) groups is 1. The maximum absolute atomic E-state index is 11.2. The van der Waals surface area contributed by atoms with Crippen LogP contribution in [0.15, 0.2) is 24.4 Å². The zero-order chi connectivity index (χ0) is 13.3. The van der Waals surface area contributed by atoms with Gasteiger partial charge in [-0.25, -0.2) is 4.79 Å². The van der Waals surface area contributed by atoms with E-state index in [1.807, 2.05) is 37.6 Å². The van der Waals surface area contributed by atoms with Crippen molar-refractivity contribution < 1.29 is 9.90 Å². The second-order valence-electron chi connectivity index (χ2n) is 4.32. The van der Waals surface area contributed by atoms with Crippen LogP contribution in [0, 0.1) is 13.8 Å². The predicted octanol–water partition coefficient (Wildman–Crippen LogP) is 2.89. The molecule has 4 heteroatoms. The lowest BCUT2D eigenvalue weighted by Gasteiger charge is -2.11. The summed E-state index contributed by atoms with van der Waals surface area (Å²) in [4.78, 5) is 11.2. The van der Waals surface area contributed by atoms with Crippen molar-refractivity contribution in [3.8, 4) is 11.3 Å². The van der Waals surface area contributed by atoms with Crippen LogP contribution in [0.1, 0.15) is 28.4 Å². The van der Waals surface area contributed by atoms with Crippen molar-refractivity contribution in [2.45, 2.75) is 27.3 Å². The van der Waals surface area contributed by atoms with Crippen LogP contribution < -0.4 is 0 Å². The van der Waals surface area contributed by atoms with Gasteiger partial charge in [0.25, 0.3) is 0 Å². The van der Waals surface area contributed by atoms with Gasteiger partial charge in [0.1, 0.15) is 0 Å². The summed E-state index contributed by atoms with van der Waals surface area (Å²) < 4.78 is 1.86. The summed E-state index contributed by atoms with van der Waals surface area (Å²) in [5.74, 6) is -0.892. The first-order chi connectivity index (χ1) is 8.54. The molecule has 94 valence electrons. The summed E-state index contributed by atoms with van der Waals surface area (Å²) in [6.45, 7) is 6.58. The first kappa shape index (κ1) is 12.4. The van der Waals surface area contributed by atoms with Crippen LogP contribution in [0.5, 0.6) is 0 Å². The van der Waals surface area contributed by atoms with Crippen molar-refractivity contribution in [3.63, 3.8) is 0 Å². The van der Waals surface area contributed by atoms with Gasteiger partial charge in [-0.3, -0.25) is 4.68 Å². The van der Waals surface area contributed by atoms with Gasteiger partial charge in [0, 0.05) is 18.3 Å². The Bertz CT molecular complexity index is 600. The monoisotopic (exact) mass is 244 g/mol. The van der Waals surface area contributed by atoms with E-state index in [1.54, 1.807) is 12.3 Å². The van der Waals surface area contributed by atoms with Crippen molar-refractivity contribution >= 4 is 5.97 Å². The smallest absolute Gasteiger partial charge is 0.335 e. The molecule has 0 radical (unpaired) electrons. The molecule has 1 heterocycles. The fourth-order valence-corrected chi connectivity index (χ4v) is 2.17. The standard InChI is InChI=1S/C14H16N2O2/c1-4-16-13(5-6-15-16)11-8-12(14(17)18)10(3)7-9(11)2/h5-8H,4H2,1-3H3,(H,17,18). The first-order valence-corrected chi connectivity index (χ1v) is 5.91. The molecule has 2 aromatic rings. The number of aryl methyl sites for hydroxylation is 3. The maximum atomic E-state index is 11.2. The van der Waals surface area contributed by atoms with Gasteiger partial charge >= 0.3 is 5.97 Å². The fraction of sp³-hybridized carbons (Fsp3) is 0.286. The number of aromatic nitrogens is 2. The highest BCUT2D eigenvalue weighted by atomic mass is 16.4. The SMILES string of the molecule is CCn1nccc1-c1cc(C(=O)O)c(C)cc1C. The molecule has 0 atom stereocenters. The Balaban J connectivity index is 2.64. The second kappa shape index (κ2) is 4.64. The minimum Gasteiger partial charge on any atom is -0.478 e. The molecule has 0 bridgehead atoms. The topological polar surface area (TPSA) is 55.1 Å². The van der Waals surface area contributed by atoms with Gasteiger partial charge in [0.2, 0.25) is 0 Å². The zero-order valence-corrected chi connectivity index (χ0v) is 10.8. The molecular formula is C14H16N2O2. The van der Waals surface area contributed by atoms with Gasteiger partial charge in [-0.2, -0.15) is 5.10 Å². The van der Waals surface area contributed by atoms with Crippen LogP contribution >= 0.6 is 0 Å². The van der Waals surface area contributed by atoms with Crippen LogP contribution in [0.2, 0.25) is 0 Å². The van der Waals surface area contributed by atoms with E-state index in [9.17, 15) is 9.90 Å². The number of hydrogen-bond donors (Lipinski definition) is 1. The third-order valence-electron chi connectivity index (χ3n) is 3.09. The molecule has 2 rings (SSSR count). The molecule has 0 saturated heterocycles. The van der Waals surface area contributed by atoms with Crippen molar-refractivity contribution in [3.05, 3.63) is 41.1 Å². The minimum absolute atomic E-state index is 0.347. The molecule has 0 aliphatic rings. The predicted molar refractivity (Wildman–Crippen MR) is 69.8 cm³/mol. The van der Waals surface area contributed by atoms with E-state index >= 15 is 0 Å². The number of carboxylic acid groups (broad SMARTS) is 1. The second-order valence-corrected chi connectivity index (χ2v) is 4.32. The van der Waals surface area contributed by atoms with Crippen molar-refractivity contribution in [1.29, 1.82) is 0 Å². The Kier molecular flexibility index (Phi) is 3.19. The quantitative estimate of drug-likeness (QED) is 0.903. The number of carboxylic acids is 1. The van der Waals surface area contributed by atoms with E-state index in [0.717, 1.165) is 28.9 Å². The van der Waals surface area contributed by atoms with E-state index in [1.165, 1.54) is 0 Å². The molecule has 0 spiro atoms. The van der Waals surface area contributed by atoms with Crippen LogP contribution in [0.25, 0.3) is 11.3 Å². The Labute approximate surface area is 106 Å². The molecule has 4 nitrogen and oxygen atoms in total. The average molecular weight is 244 g/mol. The Hall–Kier alpha value is -2.10. The largest absolute Gasteiger partial charge is 0.478 e. The summed E-state index contributed by atoms with van der Waals surface area (Å²) >= 11 is 0. The van der Waals surface area contributed by atoms with Crippen LogP contribution in [-0.4, -0.2) is 20.9 Å². The molecule has 1 aromatic heterocycles. The molecule has 0 fully saturated rings. The lowest BCUT2D eigenvalue weighted by molar-refractivity contribution is 0.0696. The lowest BCUT2D eigenvalue weighted by Crippen LogP contribution is -2.04. The van der Waals surface area contributed by atoms with Gasteiger partial charge in [-0.15, -0.1) is 0 Å². The lowest BCUT2D eigenvalue weighted by atomic mass is 9.98. The van der Waals surface area contributed by atoms with Crippen LogP contribution in [0.4, 0.5) is 0 Å². The third kappa shape index (κ3) is 2.01. The maximum Gasteiger partial charge on any atom is 0.335 e. The van der Waals surface area contributed by atoms with Gasteiger partial charge < -0.3 is 5.11 Å². The first-order valence-electron chi connectivity index (χ1n) is 5.91. The Morgan fingerprint density at radius 2 is 2.06 bits per heavy atom. The van der Waals surface area contributed by atoms with Gasteiger partial charge in [-0.1, -0.05) is 6.07 Å². The minimum atomic E-state index is -0.892. The molecular weight excluding hydrogens is 228 g/mol. The zero-order valence-electron chi connectivity index (χ0n) is 10.8. The van der Waals surface area contributed by atoms with Crippen molar-refractivity contribution in [1.82, 2.24) is 9.78 Å². The molecule has 0 saturated carbocycles. The fourth-order valence-electron chi connectivity index (χ4n) is 2.17. The number of benzene rings is 1. The molecule has 18 heavy (non-hydrogen) atoms. The highest BCUT2D eigenvalue weighted by molar-refractivity contribution is 5.91. The summed E-state index contributed by atoms with van der Waals surface area (Å²) in [6, 6.07) is 5.55. The van der Waals surface area contributed by atoms with Crippen molar-refractivity contribution in [2.75, 3.05) is 0 Å². The van der Waals surface area contributed by atoms with Crippen LogP contribution in [0.3, 0.4) is 0 Å². The summed E-state index contributed by atoms with van der Waals surface area (Å²) in [7, 11) is 0. The van der Waals surface area contributed by atoms with Gasteiger partial charge in [-0.05, 0) is 44.0 Å². The normalized spacial score (nSPS) is 10.6. The van der Waals surface area contributed by atoms with Crippen LogP contribution in [-0.2, 0) is 6.54 Å². The molecule has 0 aliphatic carbocycles. The third-order valence-corrected chi connectivity index (χ3v) is 3.09. The van der Waals surface area contributed by atoms with Gasteiger partial charge in [0.15, 0.2) is 0 Å². The van der Waals surface area contributed by atoms with E-state index in [2.05, 4.69) is 5.10 Å². The number of aromatic carboxylic acids is 1. The average Bonchev–Trinajstić information content (AvgIpc) is 2.76. The van der Waals surface area contributed by atoms with E-state index < -0.39 is 5.97 Å². The van der Waals surface area contributed by atoms with E-state index in [0.29, 0.717) is 5.56 Å². The van der Waals surface area contributed by atoms with E-state index in [-0.39, 0.29) is 0 Å². The molecule has 0 unspecified atom stereocenters. The summed E-state index contributed by atoms with van der Waals surface area (Å²) in [5.41, 5.74) is 4.08. The molecule has 0 amide bonds. The number of rotatable bonds is 3. The highest BCUT2D eigenvalue weighted by Crippen LogP contribution is 2.26. The Morgan fingerprint density at radius 3 is 2.67 bits per heavy atom. The molecule has 1 N–H and O–H groups in total.